The lowest BCUT2D eigenvalue weighted by Crippen LogP contribution is -2.27. The van der Waals surface area contributed by atoms with Gasteiger partial charge in [0.15, 0.2) is 0 Å². The molecule has 0 spiro atoms. The number of anilines is 1. The van der Waals surface area contributed by atoms with Gasteiger partial charge in [0.05, 0.1) is 27.8 Å². The molecular formula is C23H20FN3O3S2. The Morgan fingerprint density at radius 2 is 1.69 bits per heavy atom. The minimum absolute atomic E-state index is 0.108. The molecule has 0 bridgehead atoms. The Bertz CT molecular complexity index is 1240. The molecule has 3 rings (SSSR count). The summed E-state index contributed by atoms with van der Waals surface area (Å²) in [6.45, 7) is 0.372. The van der Waals surface area contributed by atoms with Crippen LogP contribution >= 0.6 is 11.8 Å². The van der Waals surface area contributed by atoms with Gasteiger partial charge in [-0.25, -0.2) is 12.8 Å². The molecule has 6 nitrogen and oxygen atoms in total. The lowest BCUT2D eigenvalue weighted by atomic mass is 10.1. The maximum absolute atomic E-state index is 13.1. The van der Waals surface area contributed by atoms with E-state index < -0.39 is 21.7 Å². The smallest absolute Gasteiger partial charge is 0.261 e. The highest BCUT2D eigenvalue weighted by Gasteiger charge is 2.18. The molecule has 0 atom stereocenters. The highest BCUT2D eigenvalue weighted by atomic mass is 32.2. The van der Waals surface area contributed by atoms with E-state index in [-0.39, 0.29) is 16.1 Å². The standard InChI is InChI=1S/C23H20FN3O3S2/c24-19-9-11-20(12-10-19)32(29,30)27-22-8-4-3-7-21(22)23(28)26-13-14-31-16-18-6-2-1-5-17(18)15-25/h1-12,27H,13-14,16H2,(H,26,28). The van der Waals surface area contributed by atoms with Crippen molar-refractivity contribution in [2.75, 3.05) is 17.0 Å². The van der Waals surface area contributed by atoms with Crippen LogP contribution in [0.1, 0.15) is 21.5 Å². The largest absolute Gasteiger partial charge is 0.351 e. The van der Waals surface area contributed by atoms with Crippen LogP contribution in [-0.2, 0) is 15.8 Å². The van der Waals surface area contributed by atoms with E-state index in [9.17, 15) is 17.6 Å². The van der Waals surface area contributed by atoms with Gasteiger partial charge in [0.25, 0.3) is 15.9 Å². The zero-order valence-corrected chi connectivity index (χ0v) is 18.5. The number of carbonyl (C=O) groups is 1. The molecule has 3 aromatic rings. The molecule has 32 heavy (non-hydrogen) atoms. The molecule has 0 saturated carbocycles. The van der Waals surface area contributed by atoms with Gasteiger partial charge in [-0.3, -0.25) is 9.52 Å². The summed E-state index contributed by atoms with van der Waals surface area (Å²) in [5.41, 5.74) is 1.88. The first-order chi connectivity index (χ1) is 15.4. The first-order valence-corrected chi connectivity index (χ1v) is 12.3. The molecule has 1 amide bonds. The zero-order chi connectivity index (χ0) is 23.0. The van der Waals surface area contributed by atoms with Gasteiger partial charge < -0.3 is 5.32 Å². The molecule has 3 aromatic carbocycles. The molecule has 164 valence electrons. The van der Waals surface area contributed by atoms with Crippen molar-refractivity contribution in [3.63, 3.8) is 0 Å². The van der Waals surface area contributed by atoms with Gasteiger partial charge in [0, 0.05) is 18.1 Å². The molecule has 0 heterocycles. The van der Waals surface area contributed by atoms with Crippen LogP contribution in [0.4, 0.5) is 10.1 Å². The summed E-state index contributed by atoms with van der Waals surface area (Å²) >= 11 is 1.58. The summed E-state index contributed by atoms with van der Waals surface area (Å²) in [4.78, 5) is 12.5. The van der Waals surface area contributed by atoms with Crippen molar-refractivity contribution in [3.8, 4) is 6.07 Å². The second-order valence-corrected chi connectivity index (χ2v) is 9.47. The Kier molecular flexibility index (Phi) is 7.87. The monoisotopic (exact) mass is 469 g/mol. The van der Waals surface area contributed by atoms with E-state index in [0.717, 1.165) is 29.8 Å². The first-order valence-electron chi connectivity index (χ1n) is 9.62. The first kappa shape index (κ1) is 23.3. The number of amides is 1. The molecular weight excluding hydrogens is 449 g/mol. The Balaban J connectivity index is 1.58. The van der Waals surface area contributed by atoms with Gasteiger partial charge in [-0.15, -0.1) is 0 Å². The summed E-state index contributed by atoms with van der Waals surface area (Å²) in [6, 6.07) is 20.2. The van der Waals surface area contributed by atoms with Crippen LogP contribution in [0.3, 0.4) is 0 Å². The SMILES string of the molecule is N#Cc1ccccc1CSCCNC(=O)c1ccccc1NS(=O)(=O)c1ccc(F)cc1. The van der Waals surface area contributed by atoms with E-state index in [1.165, 1.54) is 12.1 Å². The molecule has 0 aromatic heterocycles. The highest BCUT2D eigenvalue weighted by Crippen LogP contribution is 2.21. The van der Waals surface area contributed by atoms with Gasteiger partial charge in [-0.05, 0) is 48.0 Å². The second kappa shape index (κ2) is 10.8. The molecule has 0 saturated heterocycles. The molecule has 0 aliphatic rings. The van der Waals surface area contributed by atoms with E-state index in [1.54, 1.807) is 30.0 Å². The lowest BCUT2D eigenvalue weighted by Gasteiger charge is -2.13. The van der Waals surface area contributed by atoms with Crippen molar-refractivity contribution < 1.29 is 17.6 Å². The summed E-state index contributed by atoms with van der Waals surface area (Å²) in [6.07, 6.45) is 0. The number of halogens is 1. The van der Waals surface area contributed by atoms with Gasteiger partial charge >= 0.3 is 0 Å². The maximum Gasteiger partial charge on any atom is 0.261 e. The fraction of sp³-hybridized carbons (Fsp3) is 0.130. The number of rotatable bonds is 9. The normalized spacial score (nSPS) is 10.9. The summed E-state index contributed by atoms with van der Waals surface area (Å²) in [5.74, 6) is 0.306. The van der Waals surface area contributed by atoms with Crippen LogP contribution in [0.2, 0.25) is 0 Å². The third-order valence-electron chi connectivity index (χ3n) is 4.47. The quantitative estimate of drug-likeness (QED) is 0.459. The average Bonchev–Trinajstić information content (AvgIpc) is 2.79. The van der Waals surface area contributed by atoms with Gasteiger partial charge in [0.2, 0.25) is 0 Å². The van der Waals surface area contributed by atoms with E-state index in [1.807, 2.05) is 18.2 Å². The minimum Gasteiger partial charge on any atom is -0.351 e. The third kappa shape index (κ3) is 6.09. The van der Waals surface area contributed by atoms with Crippen LogP contribution in [0.15, 0.2) is 77.7 Å². The van der Waals surface area contributed by atoms with Crippen molar-refractivity contribution in [2.24, 2.45) is 0 Å². The number of nitrogens with zero attached hydrogens (tertiary/aromatic N) is 1. The van der Waals surface area contributed by atoms with Crippen molar-refractivity contribution in [2.45, 2.75) is 10.6 Å². The summed E-state index contributed by atoms with van der Waals surface area (Å²) in [5, 5.41) is 11.9. The van der Waals surface area contributed by atoms with Gasteiger partial charge in [0.1, 0.15) is 5.82 Å². The number of hydrogen-bond donors (Lipinski definition) is 2. The van der Waals surface area contributed by atoms with Crippen molar-refractivity contribution >= 4 is 33.4 Å². The molecule has 0 aliphatic heterocycles. The number of thioether (sulfide) groups is 1. The lowest BCUT2D eigenvalue weighted by molar-refractivity contribution is 0.0957. The molecule has 0 radical (unpaired) electrons. The number of hydrogen-bond acceptors (Lipinski definition) is 5. The van der Waals surface area contributed by atoms with E-state index in [0.29, 0.717) is 23.6 Å². The Morgan fingerprint density at radius 1 is 1.00 bits per heavy atom. The van der Waals surface area contributed by atoms with Crippen molar-refractivity contribution in [3.05, 3.63) is 95.3 Å². The zero-order valence-electron chi connectivity index (χ0n) is 16.9. The Morgan fingerprint density at radius 3 is 2.44 bits per heavy atom. The molecule has 2 N–H and O–H groups in total. The van der Waals surface area contributed by atoms with E-state index in [2.05, 4.69) is 16.1 Å². The fourth-order valence-corrected chi connectivity index (χ4v) is 4.80. The average molecular weight is 470 g/mol. The third-order valence-corrected chi connectivity index (χ3v) is 6.86. The molecule has 9 heteroatoms. The predicted octanol–water partition coefficient (Wildman–Crippen LogP) is 4.16. The number of sulfonamides is 1. The van der Waals surface area contributed by atoms with Crippen LogP contribution in [0.5, 0.6) is 0 Å². The van der Waals surface area contributed by atoms with E-state index in [4.69, 9.17) is 5.26 Å². The summed E-state index contributed by atoms with van der Waals surface area (Å²) in [7, 11) is -3.98. The number of nitriles is 1. The highest BCUT2D eigenvalue weighted by molar-refractivity contribution is 7.98. The number of para-hydroxylation sites is 1. The number of nitrogens with one attached hydrogen (secondary N) is 2. The maximum atomic E-state index is 13.1. The Hall–Kier alpha value is -3.35. The van der Waals surface area contributed by atoms with Crippen LogP contribution < -0.4 is 10.0 Å². The van der Waals surface area contributed by atoms with Gasteiger partial charge in [-0.1, -0.05) is 30.3 Å². The molecule has 0 aliphatic carbocycles. The van der Waals surface area contributed by atoms with E-state index >= 15 is 0 Å². The van der Waals surface area contributed by atoms with Crippen LogP contribution in [-0.4, -0.2) is 26.6 Å². The topological polar surface area (TPSA) is 99.1 Å². The molecule has 0 unspecified atom stereocenters. The summed E-state index contributed by atoms with van der Waals surface area (Å²) < 4.78 is 40.7. The van der Waals surface area contributed by atoms with Crippen molar-refractivity contribution in [1.82, 2.24) is 5.32 Å². The van der Waals surface area contributed by atoms with Gasteiger partial charge in [-0.2, -0.15) is 17.0 Å². The fourth-order valence-electron chi connectivity index (χ4n) is 2.86. The minimum atomic E-state index is -3.98. The number of carbonyl (C=O) groups excluding carboxylic acids is 1. The second-order valence-electron chi connectivity index (χ2n) is 6.68. The molecule has 0 fully saturated rings. The Labute approximate surface area is 190 Å². The van der Waals surface area contributed by atoms with Crippen molar-refractivity contribution in [1.29, 1.82) is 5.26 Å². The van der Waals surface area contributed by atoms with Crippen LogP contribution in [0.25, 0.3) is 0 Å². The van der Waals surface area contributed by atoms with Crippen LogP contribution in [0, 0.1) is 17.1 Å². The number of benzene rings is 3. The predicted molar refractivity (Wildman–Crippen MR) is 123 cm³/mol.